The number of amides is 2. The number of nitrogens with one attached hydrogen (secondary N) is 1. The van der Waals surface area contributed by atoms with Crippen molar-refractivity contribution in [2.45, 2.75) is 25.8 Å². The van der Waals surface area contributed by atoms with Crippen LogP contribution in [0.15, 0.2) is 42.5 Å². The van der Waals surface area contributed by atoms with Crippen molar-refractivity contribution in [1.82, 2.24) is 5.32 Å². The van der Waals surface area contributed by atoms with Crippen LogP contribution >= 0.6 is 0 Å². The summed E-state index contributed by atoms with van der Waals surface area (Å²) in [5, 5.41) is 2.61. The summed E-state index contributed by atoms with van der Waals surface area (Å²) in [6, 6.07) is 9.53. The lowest BCUT2D eigenvalue weighted by molar-refractivity contribution is -0.123. The summed E-state index contributed by atoms with van der Waals surface area (Å²) in [6.45, 7) is 2.07. The Morgan fingerprint density at radius 1 is 1.22 bits per heavy atom. The van der Waals surface area contributed by atoms with Crippen molar-refractivity contribution < 1.29 is 23.1 Å². The van der Waals surface area contributed by atoms with Gasteiger partial charge in [-0.3, -0.25) is 9.59 Å². The van der Waals surface area contributed by atoms with Crippen molar-refractivity contribution in [3.8, 4) is 5.75 Å². The second-order valence-corrected chi connectivity index (χ2v) is 6.39. The fourth-order valence-corrected chi connectivity index (χ4v) is 3.01. The third-order valence-corrected chi connectivity index (χ3v) is 4.40. The largest absolute Gasteiger partial charge is 0.484 e. The molecule has 1 atom stereocenters. The average molecular weight is 374 g/mol. The molecule has 2 aromatic rings. The number of hydrogen-bond acceptors (Lipinski definition) is 3. The monoisotopic (exact) mass is 374 g/mol. The quantitative estimate of drug-likeness (QED) is 0.844. The molecule has 2 amide bonds. The highest BCUT2D eigenvalue weighted by Crippen LogP contribution is 2.24. The topological polar surface area (TPSA) is 58.6 Å². The molecule has 1 aliphatic rings. The lowest BCUT2D eigenvalue weighted by Gasteiger charge is -2.17. The number of carbonyl (C=O) groups is 2. The molecule has 1 fully saturated rings. The Morgan fingerprint density at radius 3 is 2.59 bits per heavy atom. The van der Waals surface area contributed by atoms with E-state index in [4.69, 9.17) is 4.74 Å². The normalized spacial score (nSPS) is 14.9. The van der Waals surface area contributed by atoms with Crippen LogP contribution in [-0.2, 0) is 9.59 Å². The van der Waals surface area contributed by atoms with Gasteiger partial charge in [-0.15, -0.1) is 0 Å². The first kappa shape index (κ1) is 18.8. The van der Waals surface area contributed by atoms with Crippen molar-refractivity contribution in [3.63, 3.8) is 0 Å². The van der Waals surface area contributed by atoms with E-state index in [-0.39, 0.29) is 18.1 Å². The summed E-state index contributed by atoms with van der Waals surface area (Å²) in [5.74, 6) is -1.22. The molecule has 0 bridgehead atoms. The van der Waals surface area contributed by atoms with Crippen LogP contribution in [0.1, 0.15) is 31.4 Å². The summed E-state index contributed by atoms with van der Waals surface area (Å²) in [7, 11) is 0. The summed E-state index contributed by atoms with van der Waals surface area (Å²) < 4.78 is 32.1. The predicted molar refractivity (Wildman–Crippen MR) is 96.4 cm³/mol. The number of ether oxygens (including phenoxy) is 1. The maximum atomic E-state index is 13.7. The highest BCUT2D eigenvalue weighted by Gasteiger charge is 2.21. The van der Waals surface area contributed by atoms with E-state index in [9.17, 15) is 18.4 Å². The van der Waals surface area contributed by atoms with E-state index in [1.165, 1.54) is 6.07 Å². The van der Waals surface area contributed by atoms with Gasteiger partial charge in [0.1, 0.15) is 17.4 Å². The standard InChI is InChI=1S/C20H20F2N2O3/c1-13(17-9-4-14(21)11-18(17)22)23-19(25)12-27-16-7-5-15(6-8-16)24-10-2-3-20(24)26/h4-9,11,13H,2-3,10,12H2,1H3,(H,23,25)/t13-/m0/s1. The molecule has 0 radical (unpaired) electrons. The first-order chi connectivity index (χ1) is 12.9. The maximum absolute atomic E-state index is 13.7. The van der Waals surface area contributed by atoms with Crippen LogP contribution < -0.4 is 15.0 Å². The van der Waals surface area contributed by atoms with Gasteiger partial charge in [0.2, 0.25) is 5.91 Å². The van der Waals surface area contributed by atoms with Gasteiger partial charge in [-0.25, -0.2) is 8.78 Å². The minimum absolute atomic E-state index is 0.102. The number of halogens is 2. The molecular weight excluding hydrogens is 354 g/mol. The van der Waals surface area contributed by atoms with Gasteiger partial charge in [-0.1, -0.05) is 6.07 Å². The molecule has 1 N–H and O–H groups in total. The van der Waals surface area contributed by atoms with Gasteiger partial charge in [-0.2, -0.15) is 0 Å². The number of nitrogens with zero attached hydrogens (tertiary/aromatic N) is 1. The van der Waals surface area contributed by atoms with Gasteiger partial charge in [0.05, 0.1) is 6.04 Å². The van der Waals surface area contributed by atoms with E-state index in [0.717, 1.165) is 24.2 Å². The second kappa shape index (κ2) is 8.16. The van der Waals surface area contributed by atoms with Crippen molar-refractivity contribution in [3.05, 3.63) is 59.7 Å². The van der Waals surface area contributed by atoms with Crippen molar-refractivity contribution in [1.29, 1.82) is 0 Å². The summed E-state index contributed by atoms with van der Waals surface area (Å²) in [4.78, 5) is 25.5. The number of hydrogen-bond donors (Lipinski definition) is 1. The first-order valence-electron chi connectivity index (χ1n) is 8.71. The lowest BCUT2D eigenvalue weighted by atomic mass is 10.1. The van der Waals surface area contributed by atoms with Gasteiger partial charge >= 0.3 is 0 Å². The number of rotatable bonds is 6. The molecule has 142 valence electrons. The minimum Gasteiger partial charge on any atom is -0.484 e. The maximum Gasteiger partial charge on any atom is 0.258 e. The Morgan fingerprint density at radius 2 is 1.96 bits per heavy atom. The smallest absolute Gasteiger partial charge is 0.258 e. The molecule has 0 spiro atoms. The van der Waals surface area contributed by atoms with Crippen molar-refractivity contribution >= 4 is 17.5 Å². The Hall–Kier alpha value is -2.96. The zero-order valence-corrected chi connectivity index (χ0v) is 14.9. The van der Waals surface area contributed by atoms with E-state index in [2.05, 4.69) is 5.32 Å². The second-order valence-electron chi connectivity index (χ2n) is 6.39. The molecule has 0 saturated carbocycles. The van der Waals surface area contributed by atoms with Crippen LogP contribution in [-0.4, -0.2) is 25.0 Å². The molecule has 1 aliphatic heterocycles. The minimum atomic E-state index is -0.712. The molecule has 1 heterocycles. The molecule has 0 unspecified atom stereocenters. The van der Waals surface area contributed by atoms with Gasteiger partial charge < -0.3 is 15.0 Å². The molecule has 0 aliphatic carbocycles. The van der Waals surface area contributed by atoms with Crippen LogP contribution in [0.4, 0.5) is 14.5 Å². The van der Waals surface area contributed by atoms with Crippen LogP contribution in [0.2, 0.25) is 0 Å². The van der Waals surface area contributed by atoms with Gasteiger partial charge in [0.15, 0.2) is 6.61 Å². The van der Waals surface area contributed by atoms with Gasteiger partial charge in [0.25, 0.3) is 5.91 Å². The Balaban J connectivity index is 1.52. The highest BCUT2D eigenvalue weighted by molar-refractivity contribution is 5.95. The molecule has 0 aromatic heterocycles. The molecule has 27 heavy (non-hydrogen) atoms. The fourth-order valence-electron chi connectivity index (χ4n) is 3.01. The molecule has 3 rings (SSSR count). The lowest BCUT2D eigenvalue weighted by Crippen LogP contribution is -2.31. The van der Waals surface area contributed by atoms with Crippen LogP contribution in [0.25, 0.3) is 0 Å². The van der Waals surface area contributed by atoms with E-state index >= 15 is 0 Å². The molecule has 5 nitrogen and oxygen atoms in total. The third kappa shape index (κ3) is 4.61. The Bertz CT molecular complexity index is 840. The third-order valence-electron chi connectivity index (χ3n) is 4.40. The van der Waals surface area contributed by atoms with E-state index in [1.54, 1.807) is 36.1 Å². The van der Waals surface area contributed by atoms with Gasteiger partial charge in [-0.05, 0) is 43.7 Å². The highest BCUT2D eigenvalue weighted by atomic mass is 19.1. The van der Waals surface area contributed by atoms with Crippen LogP contribution in [0.5, 0.6) is 5.75 Å². The van der Waals surface area contributed by atoms with Crippen molar-refractivity contribution in [2.24, 2.45) is 0 Å². The predicted octanol–water partition coefficient (Wildman–Crippen LogP) is 3.35. The Labute approximate surface area is 155 Å². The number of anilines is 1. The fraction of sp³-hybridized carbons (Fsp3) is 0.300. The number of carbonyl (C=O) groups excluding carboxylic acids is 2. The SMILES string of the molecule is C[C@H](NC(=O)COc1ccc(N2CCCC2=O)cc1)c1ccc(F)cc1F. The number of benzene rings is 2. The van der Waals surface area contributed by atoms with Crippen LogP contribution in [0.3, 0.4) is 0 Å². The Kier molecular flexibility index (Phi) is 5.69. The van der Waals surface area contributed by atoms with E-state index in [1.807, 2.05) is 0 Å². The molecule has 1 saturated heterocycles. The summed E-state index contributed by atoms with van der Waals surface area (Å²) in [5.41, 5.74) is 0.999. The summed E-state index contributed by atoms with van der Waals surface area (Å²) >= 11 is 0. The molecule has 7 heteroatoms. The molecule has 2 aromatic carbocycles. The zero-order valence-electron chi connectivity index (χ0n) is 14.9. The van der Waals surface area contributed by atoms with E-state index in [0.29, 0.717) is 18.7 Å². The average Bonchev–Trinajstić information content (AvgIpc) is 3.06. The molecular formula is C20H20F2N2O3. The van der Waals surface area contributed by atoms with E-state index < -0.39 is 23.6 Å². The van der Waals surface area contributed by atoms with Crippen LogP contribution in [0, 0.1) is 11.6 Å². The van der Waals surface area contributed by atoms with Gasteiger partial charge in [0, 0.05) is 30.3 Å². The first-order valence-corrected chi connectivity index (χ1v) is 8.71. The van der Waals surface area contributed by atoms with Crippen molar-refractivity contribution in [2.75, 3.05) is 18.1 Å². The zero-order chi connectivity index (χ0) is 19.4. The summed E-state index contributed by atoms with van der Waals surface area (Å²) in [6.07, 6.45) is 1.41.